The predicted molar refractivity (Wildman–Crippen MR) is 86.3 cm³/mol. The molecule has 0 unspecified atom stereocenters. The fourth-order valence-electron chi connectivity index (χ4n) is 0. The van der Waals surface area contributed by atoms with E-state index in [1.165, 1.54) is 5.57 Å². The number of allylic oxidation sites excluding steroid dienone is 1. The third-order valence-corrected chi connectivity index (χ3v) is 0. The van der Waals surface area contributed by atoms with E-state index in [0.717, 1.165) is 0 Å². The summed E-state index contributed by atoms with van der Waals surface area (Å²) in [4.78, 5) is 2.00. The number of rotatable bonds is 0. The molecule has 0 fully saturated rings. The van der Waals surface area contributed by atoms with Gasteiger partial charge in [-0.3, -0.25) is 0 Å². The molecule has 0 atom stereocenters. The molecule has 16 heavy (non-hydrogen) atoms. The van der Waals surface area contributed by atoms with Crippen molar-refractivity contribution >= 4 is 6.72 Å². The molecule has 0 bridgehead atoms. The molecule has 0 spiro atoms. The summed E-state index contributed by atoms with van der Waals surface area (Å²) in [6, 6.07) is 0. The Labute approximate surface area is 108 Å². The Kier molecular flexibility index (Phi) is 104. The average Bonchev–Trinajstić information content (AvgIpc) is 1.54. The Morgan fingerprint density at radius 3 is 0.875 bits per heavy atom. The van der Waals surface area contributed by atoms with E-state index in [-0.39, 0.29) is 29.7 Å². The van der Waals surface area contributed by atoms with Crippen molar-refractivity contribution in [2.24, 2.45) is 0 Å². The maximum Gasteiger partial charge on any atom is 0.131 e. The van der Waals surface area contributed by atoms with E-state index in [4.69, 9.17) is 0 Å². The van der Waals surface area contributed by atoms with E-state index in [1.54, 1.807) is 4.58 Å². The van der Waals surface area contributed by atoms with Crippen LogP contribution >= 0.6 is 0 Å². The molecule has 0 rings (SSSR count). The smallest absolute Gasteiger partial charge is 0.131 e. The summed E-state index contributed by atoms with van der Waals surface area (Å²) in [5, 5.41) is 0. The molecule has 0 aromatic rings. The number of nitrogens with zero attached hydrogens (tertiary/aromatic N) is 2. The monoisotopic (exact) mass is 237 g/mol. The lowest BCUT2D eigenvalue weighted by molar-refractivity contribution is -0.454. The van der Waals surface area contributed by atoms with Crippen molar-refractivity contribution in [3.05, 3.63) is 12.2 Å². The maximum atomic E-state index is 3.56. The highest BCUT2D eigenvalue weighted by atomic mass is 15.0. The van der Waals surface area contributed by atoms with Crippen molar-refractivity contribution in [1.82, 2.24) is 4.90 Å². The molecule has 0 N–H and O–H groups in total. The molecule has 0 amide bonds. The van der Waals surface area contributed by atoms with Crippen molar-refractivity contribution in [2.75, 3.05) is 35.2 Å². The minimum absolute atomic E-state index is 0. The number of hydrogen-bond donors (Lipinski definition) is 0. The van der Waals surface area contributed by atoms with Crippen molar-refractivity contribution < 1.29 is 4.58 Å². The summed E-state index contributed by atoms with van der Waals surface area (Å²) in [6.07, 6.45) is 0. The van der Waals surface area contributed by atoms with Crippen LogP contribution in [0, 0.1) is 0 Å². The standard InChI is InChI=1S/C4H8.C3H9N.C3H8N.4CH4/c3*1-4(2)3;;;;/h1H2,2-3H3;1-3H3;1H2,2-3H3;4*1H4/q;;+1;;;;. The quantitative estimate of drug-likeness (QED) is 0.346. The van der Waals surface area contributed by atoms with Gasteiger partial charge in [-0.1, -0.05) is 35.3 Å². The third-order valence-electron chi connectivity index (χ3n) is 0. The highest BCUT2D eigenvalue weighted by Gasteiger charge is 1.58. The van der Waals surface area contributed by atoms with Crippen LogP contribution in [0.5, 0.6) is 0 Å². The zero-order valence-corrected chi connectivity index (χ0v) is 9.81. The van der Waals surface area contributed by atoms with Crippen LogP contribution in [0.3, 0.4) is 0 Å². The summed E-state index contributed by atoms with van der Waals surface area (Å²) in [5.41, 5.74) is 1.17. The molecule has 0 aromatic carbocycles. The summed E-state index contributed by atoms with van der Waals surface area (Å²) in [7, 11) is 9.78. The third kappa shape index (κ3) is 5150. The zero-order chi connectivity index (χ0) is 10.7. The first-order valence-corrected chi connectivity index (χ1v) is 3.91. The van der Waals surface area contributed by atoms with Gasteiger partial charge in [-0.25, -0.2) is 4.58 Å². The van der Waals surface area contributed by atoms with E-state index >= 15 is 0 Å². The Bertz CT molecular complexity index is 93.1. The Hall–Kier alpha value is -0.630. The Morgan fingerprint density at radius 2 is 0.875 bits per heavy atom. The highest BCUT2D eigenvalue weighted by Crippen LogP contribution is 1.73. The molecule has 2 heteroatoms. The van der Waals surface area contributed by atoms with Crippen molar-refractivity contribution in [3.63, 3.8) is 0 Å². The van der Waals surface area contributed by atoms with Crippen LogP contribution in [-0.4, -0.2) is 51.4 Å². The van der Waals surface area contributed by atoms with Gasteiger partial charge in [-0.15, -0.1) is 6.58 Å². The van der Waals surface area contributed by atoms with Gasteiger partial charge in [-0.2, -0.15) is 0 Å². The van der Waals surface area contributed by atoms with E-state index in [2.05, 4.69) is 13.3 Å². The molecule has 0 aromatic heterocycles. The maximum absolute atomic E-state index is 3.56. The summed E-state index contributed by atoms with van der Waals surface area (Å²) in [5.74, 6) is 0. The first kappa shape index (κ1) is 45.3. The summed E-state index contributed by atoms with van der Waals surface area (Å²) in [6.45, 7) is 11.0. The van der Waals surface area contributed by atoms with Crippen LogP contribution in [0.2, 0.25) is 0 Å². The minimum atomic E-state index is 0. The van der Waals surface area contributed by atoms with Crippen molar-refractivity contribution in [3.8, 4) is 0 Å². The van der Waals surface area contributed by atoms with Gasteiger partial charge < -0.3 is 4.90 Å². The molecule has 0 saturated carbocycles. The second-order valence-corrected chi connectivity index (χ2v) is 3.63. The molecule has 0 heterocycles. The van der Waals surface area contributed by atoms with Gasteiger partial charge in [0.1, 0.15) is 20.8 Å². The van der Waals surface area contributed by atoms with Gasteiger partial charge in [-0.05, 0) is 35.0 Å². The SMILES string of the molecule is C.C.C.C.C=C(C)C.C=[N+](C)C.CN(C)C. The zero-order valence-electron chi connectivity index (χ0n) is 9.81. The lowest BCUT2D eigenvalue weighted by atomic mass is 10.4. The van der Waals surface area contributed by atoms with E-state index < -0.39 is 0 Å². The van der Waals surface area contributed by atoms with Crippen LogP contribution in [0.1, 0.15) is 43.6 Å². The normalized spacial score (nSPS) is 5.50. The van der Waals surface area contributed by atoms with Gasteiger partial charge in [0.2, 0.25) is 0 Å². The number of hydrogen-bond acceptors (Lipinski definition) is 1. The van der Waals surface area contributed by atoms with E-state index in [0.29, 0.717) is 0 Å². The second-order valence-electron chi connectivity index (χ2n) is 3.63. The molecule has 0 aliphatic heterocycles. The fourth-order valence-corrected chi connectivity index (χ4v) is 0. The Balaban J connectivity index is -0.0000000135. The molecule has 0 aliphatic rings. The molecule has 0 radical (unpaired) electrons. The highest BCUT2D eigenvalue weighted by molar-refractivity contribution is 5.13. The lowest BCUT2D eigenvalue weighted by Crippen LogP contribution is -1.99. The Morgan fingerprint density at radius 1 is 0.875 bits per heavy atom. The largest absolute Gasteiger partial charge is 0.312 e. The van der Waals surface area contributed by atoms with Crippen molar-refractivity contribution in [2.45, 2.75) is 43.6 Å². The molecule has 106 valence electrons. The van der Waals surface area contributed by atoms with Crippen LogP contribution in [0.15, 0.2) is 12.2 Å². The second kappa shape index (κ2) is 36.7. The summed E-state index contributed by atoms with van der Waals surface area (Å²) < 4.78 is 1.75. The predicted octanol–water partition coefficient (Wildman–Crippen LogP) is 4.26. The van der Waals surface area contributed by atoms with E-state index in [1.807, 2.05) is 54.0 Å². The molecular weight excluding hydrogens is 196 g/mol. The lowest BCUT2D eigenvalue weighted by Gasteiger charge is -1.90. The van der Waals surface area contributed by atoms with E-state index in [9.17, 15) is 0 Å². The van der Waals surface area contributed by atoms with Gasteiger partial charge in [0, 0.05) is 0 Å². The first-order chi connectivity index (χ1) is 5.20. The van der Waals surface area contributed by atoms with Crippen LogP contribution in [0.25, 0.3) is 0 Å². The fraction of sp³-hybridized carbons (Fsp3) is 0.786. The molecule has 2 nitrogen and oxygen atoms in total. The van der Waals surface area contributed by atoms with Crippen LogP contribution in [0.4, 0.5) is 0 Å². The first-order valence-electron chi connectivity index (χ1n) is 3.91. The topological polar surface area (TPSA) is 6.25 Å². The van der Waals surface area contributed by atoms with Gasteiger partial charge in [0.05, 0.1) is 0 Å². The summed E-state index contributed by atoms with van der Waals surface area (Å²) >= 11 is 0. The molecular formula is C14H41N2+. The van der Waals surface area contributed by atoms with Crippen LogP contribution in [-0.2, 0) is 0 Å². The van der Waals surface area contributed by atoms with Crippen LogP contribution < -0.4 is 0 Å². The average molecular weight is 237 g/mol. The minimum Gasteiger partial charge on any atom is -0.312 e. The van der Waals surface area contributed by atoms with Gasteiger partial charge in [0.25, 0.3) is 0 Å². The van der Waals surface area contributed by atoms with Gasteiger partial charge in [0.15, 0.2) is 0 Å². The molecule has 0 aliphatic carbocycles. The van der Waals surface area contributed by atoms with Gasteiger partial charge >= 0.3 is 0 Å². The molecule has 0 saturated heterocycles. The van der Waals surface area contributed by atoms with Crippen molar-refractivity contribution in [1.29, 1.82) is 0 Å².